The molecule has 36 heavy (non-hydrogen) atoms. The average molecular weight is 509 g/mol. The van der Waals surface area contributed by atoms with Gasteiger partial charge in [0, 0.05) is 23.1 Å². The highest BCUT2D eigenvalue weighted by Gasteiger charge is 2.37. The van der Waals surface area contributed by atoms with Crippen molar-refractivity contribution < 1.29 is 32.3 Å². The summed E-state index contributed by atoms with van der Waals surface area (Å²) in [5.74, 6) is -0.734. The lowest BCUT2D eigenvalue weighted by molar-refractivity contribution is -0.122. The highest BCUT2D eigenvalue weighted by atomic mass is 32.2. The zero-order valence-electron chi connectivity index (χ0n) is 19.1. The molecule has 1 saturated heterocycles. The van der Waals surface area contributed by atoms with Crippen molar-refractivity contribution in [3.8, 4) is 17.2 Å². The molecule has 0 bridgehead atoms. The van der Waals surface area contributed by atoms with Gasteiger partial charge in [0.05, 0.1) is 10.6 Å². The summed E-state index contributed by atoms with van der Waals surface area (Å²) in [6, 6.07) is 11.5. The van der Waals surface area contributed by atoms with Gasteiger partial charge in [0.15, 0.2) is 11.5 Å². The van der Waals surface area contributed by atoms with Gasteiger partial charge in [0.25, 0.3) is 11.8 Å². The highest BCUT2D eigenvalue weighted by Crippen LogP contribution is 2.36. The van der Waals surface area contributed by atoms with Crippen LogP contribution < -0.4 is 24.8 Å². The molecular formula is C24H20N4O7S. The molecule has 5 rings (SSSR count). The van der Waals surface area contributed by atoms with Crippen molar-refractivity contribution in [1.82, 2.24) is 9.88 Å². The number of fused-ring (bicyclic) bond motifs is 1. The van der Waals surface area contributed by atoms with E-state index in [1.165, 1.54) is 30.3 Å². The van der Waals surface area contributed by atoms with Crippen molar-refractivity contribution in [2.45, 2.75) is 18.7 Å². The van der Waals surface area contributed by atoms with E-state index < -0.39 is 27.9 Å². The molecule has 0 aliphatic carbocycles. The Labute approximate surface area is 205 Å². The number of urea groups is 1. The largest absolute Gasteiger partial charge is 0.454 e. The molecule has 0 radical (unpaired) electrons. The molecule has 2 aliphatic heterocycles. The number of nitrogens with zero attached hydrogens (tertiary/aromatic N) is 2. The predicted molar refractivity (Wildman–Crippen MR) is 128 cm³/mol. The zero-order valence-corrected chi connectivity index (χ0v) is 20.0. The summed E-state index contributed by atoms with van der Waals surface area (Å²) in [6.07, 6.45) is 1.42. The van der Waals surface area contributed by atoms with Crippen LogP contribution >= 0.6 is 0 Å². The number of barbiturate groups is 1. The number of ether oxygens (including phenoxy) is 2. The summed E-state index contributed by atoms with van der Waals surface area (Å²) in [7, 11) is -3.83. The summed E-state index contributed by atoms with van der Waals surface area (Å²) >= 11 is 0. The van der Waals surface area contributed by atoms with Gasteiger partial charge in [-0.25, -0.2) is 23.3 Å². The second-order valence-corrected chi connectivity index (χ2v) is 9.76. The molecule has 0 atom stereocenters. The Morgan fingerprint density at radius 2 is 1.61 bits per heavy atom. The fraction of sp³-hybridized carbons (Fsp3) is 0.125. The van der Waals surface area contributed by atoms with Crippen molar-refractivity contribution in [2.24, 2.45) is 5.14 Å². The number of anilines is 1. The summed E-state index contributed by atoms with van der Waals surface area (Å²) in [5.41, 5.74) is 2.70. The molecule has 1 aromatic heterocycles. The quantitative estimate of drug-likeness (QED) is 0.405. The maximum atomic E-state index is 13.3. The number of hydrogen-bond acceptors (Lipinski definition) is 7. The predicted octanol–water partition coefficient (Wildman–Crippen LogP) is 2.14. The van der Waals surface area contributed by atoms with Crippen LogP contribution in [0, 0.1) is 13.8 Å². The molecule has 2 aromatic carbocycles. The van der Waals surface area contributed by atoms with Gasteiger partial charge < -0.3 is 14.0 Å². The van der Waals surface area contributed by atoms with Crippen LogP contribution in [0.2, 0.25) is 0 Å². The molecule has 0 unspecified atom stereocenters. The van der Waals surface area contributed by atoms with Crippen LogP contribution in [0.15, 0.2) is 59.0 Å². The molecule has 12 heteroatoms. The summed E-state index contributed by atoms with van der Waals surface area (Å²) < 4.78 is 35.6. The standard InChI is InChI=1S/C24H20N4O7S/c1-13-9-15(14(2)27(13)16-3-6-18(7-4-16)36(25,32)33)10-19-22(29)26-24(31)28(23(19)30)17-5-8-20-21(11-17)35-12-34-20/h3-11H,12H2,1-2H3,(H2,25,32,33)(H,26,29,31)/b19-10+. The van der Waals surface area contributed by atoms with Gasteiger partial charge in [-0.1, -0.05) is 0 Å². The van der Waals surface area contributed by atoms with E-state index in [1.807, 2.05) is 11.5 Å². The Bertz CT molecular complexity index is 1590. The number of benzene rings is 2. The number of nitrogens with one attached hydrogen (secondary N) is 1. The van der Waals surface area contributed by atoms with Crippen molar-refractivity contribution >= 4 is 39.6 Å². The third-order valence-corrected chi connectivity index (χ3v) is 6.84. The van der Waals surface area contributed by atoms with E-state index in [4.69, 9.17) is 14.6 Å². The topological polar surface area (TPSA) is 150 Å². The first-order valence-electron chi connectivity index (χ1n) is 10.7. The number of carbonyl (C=O) groups is 3. The monoisotopic (exact) mass is 508 g/mol. The van der Waals surface area contributed by atoms with Crippen molar-refractivity contribution in [3.05, 3.63) is 71.1 Å². The lowest BCUT2D eigenvalue weighted by Gasteiger charge is -2.26. The van der Waals surface area contributed by atoms with E-state index in [2.05, 4.69) is 5.32 Å². The fourth-order valence-electron chi connectivity index (χ4n) is 4.19. The first kappa shape index (κ1) is 23.3. The molecule has 0 spiro atoms. The van der Waals surface area contributed by atoms with E-state index in [1.54, 1.807) is 31.2 Å². The Morgan fingerprint density at radius 3 is 2.31 bits per heavy atom. The minimum absolute atomic E-state index is 0.0196. The number of aromatic nitrogens is 1. The average Bonchev–Trinajstić information content (AvgIpc) is 3.39. The molecule has 3 heterocycles. The minimum atomic E-state index is -3.83. The van der Waals surface area contributed by atoms with Crippen molar-refractivity contribution in [3.63, 3.8) is 0 Å². The fourth-order valence-corrected chi connectivity index (χ4v) is 4.70. The molecule has 2 aliphatic rings. The van der Waals surface area contributed by atoms with E-state index in [-0.39, 0.29) is 22.9 Å². The van der Waals surface area contributed by atoms with E-state index >= 15 is 0 Å². The number of amides is 4. The van der Waals surface area contributed by atoms with Gasteiger partial charge in [0.2, 0.25) is 16.8 Å². The number of rotatable bonds is 4. The van der Waals surface area contributed by atoms with Gasteiger partial charge in [-0.05, 0) is 68.0 Å². The number of sulfonamides is 1. The van der Waals surface area contributed by atoms with Crippen LogP contribution in [0.25, 0.3) is 11.8 Å². The number of hydrogen-bond donors (Lipinski definition) is 2. The summed E-state index contributed by atoms with van der Waals surface area (Å²) in [6.45, 7) is 3.65. The molecule has 0 saturated carbocycles. The molecule has 11 nitrogen and oxygen atoms in total. The molecule has 184 valence electrons. The smallest absolute Gasteiger partial charge is 0.335 e. The highest BCUT2D eigenvalue weighted by molar-refractivity contribution is 7.89. The van der Waals surface area contributed by atoms with Crippen molar-refractivity contribution in [1.29, 1.82) is 0 Å². The maximum absolute atomic E-state index is 13.3. The SMILES string of the molecule is Cc1cc(/C=C2\C(=O)NC(=O)N(c3ccc4c(c3)OCO4)C2=O)c(C)n1-c1ccc(S(N)(=O)=O)cc1. The van der Waals surface area contributed by atoms with E-state index in [0.717, 1.165) is 10.6 Å². The second-order valence-electron chi connectivity index (χ2n) is 8.20. The van der Waals surface area contributed by atoms with Gasteiger partial charge in [-0.15, -0.1) is 0 Å². The molecule has 4 amide bonds. The summed E-state index contributed by atoms with van der Waals surface area (Å²) in [5, 5.41) is 7.38. The van der Waals surface area contributed by atoms with Crippen LogP contribution in [0.5, 0.6) is 11.5 Å². The number of imide groups is 2. The maximum Gasteiger partial charge on any atom is 0.335 e. The number of primary sulfonamides is 1. The normalized spacial score (nSPS) is 16.6. The zero-order chi connectivity index (χ0) is 25.8. The third-order valence-electron chi connectivity index (χ3n) is 5.91. The first-order valence-corrected chi connectivity index (χ1v) is 12.2. The number of carbonyl (C=O) groups excluding carboxylic acids is 3. The van der Waals surface area contributed by atoms with Gasteiger partial charge in [-0.3, -0.25) is 14.9 Å². The van der Waals surface area contributed by atoms with Crippen molar-refractivity contribution in [2.75, 3.05) is 11.7 Å². The Kier molecular flexibility index (Phi) is 5.42. The van der Waals surface area contributed by atoms with Crippen LogP contribution in [0.1, 0.15) is 17.0 Å². The third kappa shape index (κ3) is 3.91. The van der Waals surface area contributed by atoms with Crippen LogP contribution in [0.4, 0.5) is 10.5 Å². The summed E-state index contributed by atoms with van der Waals surface area (Å²) in [4.78, 5) is 39.3. The number of aryl methyl sites for hydroxylation is 1. The van der Waals surface area contributed by atoms with Gasteiger partial charge in [-0.2, -0.15) is 0 Å². The second kappa shape index (κ2) is 8.36. The van der Waals surface area contributed by atoms with Gasteiger partial charge in [0.1, 0.15) is 5.57 Å². The number of nitrogens with two attached hydrogens (primary N) is 1. The van der Waals surface area contributed by atoms with Gasteiger partial charge >= 0.3 is 6.03 Å². The molecule has 3 aromatic rings. The van der Waals surface area contributed by atoms with E-state index in [9.17, 15) is 22.8 Å². The molecular weight excluding hydrogens is 488 g/mol. The Balaban J connectivity index is 1.51. The Hall–Kier alpha value is -4.42. The van der Waals surface area contributed by atoms with Crippen LogP contribution in [-0.4, -0.2) is 37.6 Å². The molecule has 1 fully saturated rings. The van der Waals surface area contributed by atoms with Crippen LogP contribution in [0.3, 0.4) is 0 Å². The Morgan fingerprint density at radius 1 is 0.944 bits per heavy atom. The van der Waals surface area contributed by atoms with Crippen LogP contribution in [-0.2, 0) is 19.6 Å². The lowest BCUT2D eigenvalue weighted by Crippen LogP contribution is -2.54. The lowest BCUT2D eigenvalue weighted by atomic mass is 10.1. The minimum Gasteiger partial charge on any atom is -0.454 e. The van der Waals surface area contributed by atoms with E-state index in [0.29, 0.717) is 28.4 Å². The first-order chi connectivity index (χ1) is 17.0. The molecule has 3 N–H and O–H groups in total.